The quantitative estimate of drug-likeness (QED) is 0.0989. The maximum absolute atomic E-state index is 11.9. The third kappa shape index (κ3) is 17.3. The van der Waals surface area contributed by atoms with Crippen molar-refractivity contribution >= 4 is 30.2 Å². The van der Waals surface area contributed by atoms with Gasteiger partial charge in [0.25, 0.3) is 0 Å². The highest BCUT2D eigenvalue weighted by atomic mass is 16.7. The van der Waals surface area contributed by atoms with Crippen LogP contribution in [0.3, 0.4) is 0 Å². The molecule has 0 aliphatic rings. The molecule has 0 aromatic heterocycles. The number of rotatable bonds is 17. The van der Waals surface area contributed by atoms with Crippen molar-refractivity contribution in [1.82, 2.24) is 5.32 Å². The summed E-state index contributed by atoms with van der Waals surface area (Å²) in [4.78, 5) is 55.4. The zero-order chi connectivity index (χ0) is 29.6. The number of hydrogen-bond acceptors (Lipinski definition) is 14. The molecule has 16 heteroatoms. The highest BCUT2D eigenvalue weighted by Gasteiger charge is 2.36. The Kier molecular flexibility index (Phi) is 20.2. The van der Waals surface area contributed by atoms with E-state index in [4.69, 9.17) is 24.4 Å². The van der Waals surface area contributed by atoms with E-state index in [9.17, 15) is 29.1 Å². The lowest BCUT2D eigenvalue weighted by molar-refractivity contribution is -0.160. The summed E-state index contributed by atoms with van der Waals surface area (Å²) in [5, 5.41) is 29.4. The van der Waals surface area contributed by atoms with Crippen LogP contribution in [0.2, 0.25) is 0 Å². The zero-order valence-corrected chi connectivity index (χ0v) is 22.3. The highest BCUT2D eigenvalue weighted by Crippen LogP contribution is 2.19. The van der Waals surface area contributed by atoms with E-state index in [1.165, 1.54) is 35.0 Å². The molecule has 0 aliphatic carbocycles. The van der Waals surface area contributed by atoms with Crippen LogP contribution in [0.15, 0.2) is 0 Å². The number of nitrogens with one attached hydrogen (secondary N) is 1. The molecule has 38 heavy (non-hydrogen) atoms. The normalized spacial score (nSPS) is 13.3. The Morgan fingerprint density at radius 3 is 1.50 bits per heavy atom. The van der Waals surface area contributed by atoms with Gasteiger partial charge in [-0.05, 0) is 13.8 Å². The molecule has 0 aromatic rings. The van der Waals surface area contributed by atoms with Crippen molar-refractivity contribution in [3.05, 3.63) is 0 Å². The van der Waals surface area contributed by atoms with Crippen molar-refractivity contribution in [3.8, 4) is 0 Å². The Labute approximate surface area is 220 Å². The summed E-state index contributed by atoms with van der Waals surface area (Å²) in [6, 6.07) is 0. The Morgan fingerprint density at radius 1 is 0.684 bits per heavy atom. The molecule has 16 nitrogen and oxygen atoms in total. The monoisotopic (exact) mass is 557 g/mol. The number of methoxy groups -OCH3 is 2. The van der Waals surface area contributed by atoms with Gasteiger partial charge in [-0.1, -0.05) is 0 Å². The largest absolute Gasteiger partial charge is 0.508 e. The number of aliphatic hydroxyl groups is 2. The average Bonchev–Trinajstić information content (AvgIpc) is 2.88. The molecular formula is C22H39NO15. The molecule has 0 aliphatic heterocycles. The number of carboxylic acid groups (broad SMARTS) is 1. The number of aliphatic carboxylic acids is 1. The van der Waals surface area contributed by atoms with Crippen LogP contribution in [0.1, 0.15) is 20.8 Å². The van der Waals surface area contributed by atoms with Gasteiger partial charge in [0.15, 0.2) is 0 Å². The summed E-state index contributed by atoms with van der Waals surface area (Å²) in [6.45, 7) is 2.53. The number of ether oxygens (including phenoxy) is 7. The molecule has 2 atom stereocenters. The van der Waals surface area contributed by atoms with Crippen LogP contribution in [0.5, 0.6) is 0 Å². The molecule has 0 heterocycles. The molecule has 1 amide bonds. The number of carbonyl (C=O) groups excluding carboxylic acids is 4. The maximum Gasteiger partial charge on any atom is 0.508 e. The fourth-order valence-corrected chi connectivity index (χ4v) is 1.83. The lowest BCUT2D eigenvalue weighted by Gasteiger charge is -2.24. The minimum absolute atomic E-state index is 0.0202. The highest BCUT2D eigenvalue weighted by molar-refractivity contribution is 5.77. The Balaban J connectivity index is 0. The topological polar surface area (TPSA) is 223 Å². The summed E-state index contributed by atoms with van der Waals surface area (Å²) in [7, 11) is 2.90. The fourth-order valence-electron chi connectivity index (χ4n) is 1.83. The number of aliphatic hydroxyl groups excluding tert-OH is 2. The minimum Gasteiger partial charge on any atom is -0.481 e. The van der Waals surface area contributed by atoms with E-state index in [2.05, 4.69) is 24.3 Å². The van der Waals surface area contributed by atoms with Crippen molar-refractivity contribution in [1.29, 1.82) is 0 Å². The van der Waals surface area contributed by atoms with Gasteiger partial charge in [0, 0.05) is 21.1 Å². The van der Waals surface area contributed by atoms with Crippen LogP contribution in [0.25, 0.3) is 0 Å². The van der Waals surface area contributed by atoms with Gasteiger partial charge in [0.05, 0.1) is 33.0 Å². The second kappa shape index (κ2) is 20.8. The number of hydrogen-bond donors (Lipinski definition) is 4. The lowest BCUT2D eigenvalue weighted by Crippen LogP contribution is -2.40. The maximum atomic E-state index is 11.9. The van der Waals surface area contributed by atoms with Crippen LogP contribution in [-0.4, -0.2) is 126 Å². The lowest BCUT2D eigenvalue weighted by atomic mass is 9.93. The molecule has 0 bridgehead atoms. The molecular weight excluding hydrogens is 518 g/mol. The Morgan fingerprint density at radius 2 is 1.13 bits per heavy atom. The first-order valence-electron chi connectivity index (χ1n) is 11.3. The molecule has 0 saturated heterocycles. The van der Waals surface area contributed by atoms with Gasteiger partial charge in [-0.3, -0.25) is 14.4 Å². The van der Waals surface area contributed by atoms with Gasteiger partial charge >= 0.3 is 24.2 Å². The summed E-state index contributed by atoms with van der Waals surface area (Å²) < 4.78 is 32.7. The Hall–Kier alpha value is -3.21. The summed E-state index contributed by atoms with van der Waals surface area (Å²) >= 11 is 0. The predicted octanol–water partition coefficient (Wildman–Crippen LogP) is -0.667. The second-order valence-corrected chi connectivity index (χ2v) is 8.12. The first-order chi connectivity index (χ1) is 17.8. The van der Waals surface area contributed by atoms with E-state index in [1.807, 2.05) is 0 Å². The van der Waals surface area contributed by atoms with E-state index in [0.717, 1.165) is 0 Å². The van der Waals surface area contributed by atoms with Gasteiger partial charge in [-0.25, -0.2) is 9.59 Å². The van der Waals surface area contributed by atoms with Gasteiger partial charge < -0.3 is 53.8 Å². The van der Waals surface area contributed by atoms with Crippen molar-refractivity contribution < 1.29 is 72.5 Å². The van der Waals surface area contributed by atoms with Crippen LogP contribution in [0, 0.1) is 10.8 Å². The first-order valence-corrected chi connectivity index (χ1v) is 11.3. The average molecular weight is 558 g/mol. The number of amides is 1. The molecule has 0 fully saturated rings. The first kappa shape index (κ1) is 36.9. The van der Waals surface area contributed by atoms with Crippen LogP contribution in [0.4, 0.5) is 9.59 Å². The number of carbonyl (C=O) groups is 5. The molecule has 4 N–H and O–H groups in total. The van der Waals surface area contributed by atoms with Crippen molar-refractivity contribution in [2.45, 2.75) is 20.8 Å². The van der Waals surface area contributed by atoms with Gasteiger partial charge in [0.1, 0.15) is 43.9 Å². The van der Waals surface area contributed by atoms with Gasteiger partial charge in [-0.2, -0.15) is 0 Å². The predicted molar refractivity (Wildman–Crippen MR) is 126 cm³/mol. The van der Waals surface area contributed by atoms with E-state index in [0.29, 0.717) is 0 Å². The van der Waals surface area contributed by atoms with Gasteiger partial charge in [0.2, 0.25) is 5.91 Å². The SMILES string of the molecule is COCCOC(=O)OCC(C)(CO)C(=O)O.COCCOC(=O)OCC(C)(CO)C(=O)OCCNC(C)=O. The van der Waals surface area contributed by atoms with Crippen molar-refractivity contribution in [3.63, 3.8) is 0 Å². The Bertz CT molecular complexity index is 732. The summed E-state index contributed by atoms with van der Waals surface area (Å²) in [6.07, 6.45) is -1.96. The smallest absolute Gasteiger partial charge is 0.481 e. The van der Waals surface area contributed by atoms with E-state index in [1.54, 1.807) is 0 Å². The fraction of sp³-hybridized carbons (Fsp3) is 0.773. The summed E-state index contributed by atoms with van der Waals surface area (Å²) in [5.74, 6) is -2.24. The van der Waals surface area contributed by atoms with Crippen LogP contribution < -0.4 is 5.32 Å². The third-order valence-corrected chi connectivity index (χ3v) is 4.45. The third-order valence-electron chi connectivity index (χ3n) is 4.45. The molecule has 0 spiro atoms. The van der Waals surface area contributed by atoms with E-state index < -0.39 is 61.5 Å². The van der Waals surface area contributed by atoms with Crippen molar-refractivity contribution in [2.75, 3.05) is 80.2 Å². The van der Waals surface area contributed by atoms with Crippen LogP contribution >= 0.6 is 0 Å². The van der Waals surface area contributed by atoms with Gasteiger partial charge in [-0.15, -0.1) is 0 Å². The molecule has 0 saturated carbocycles. The zero-order valence-electron chi connectivity index (χ0n) is 22.3. The summed E-state index contributed by atoms with van der Waals surface area (Å²) in [5.41, 5.74) is -2.92. The standard InChI is InChI=1S/C13H23NO8.C9H16O7/c1-10(16)14-4-5-20-11(17)13(2,8-15)9-22-12(18)21-7-6-19-3;1-9(5-10,7(11)12)6-16-8(13)15-4-3-14-2/h15H,4-9H2,1-3H3,(H,14,16);10H,3-6H2,1-2H3,(H,11,12). The molecule has 0 radical (unpaired) electrons. The molecule has 2 unspecified atom stereocenters. The molecule has 0 aromatic carbocycles. The van der Waals surface area contributed by atoms with Crippen molar-refractivity contribution in [2.24, 2.45) is 10.8 Å². The number of carboxylic acids is 1. The minimum atomic E-state index is -1.51. The number of esters is 1. The second-order valence-electron chi connectivity index (χ2n) is 8.12. The van der Waals surface area contributed by atoms with E-state index >= 15 is 0 Å². The molecule has 0 rings (SSSR count). The molecule has 222 valence electrons. The van der Waals surface area contributed by atoms with E-state index in [-0.39, 0.29) is 45.5 Å². The van der Waals surface area contributed by atoms with Crippen LogP contribution in [-0.2, 0) is 47.5 Å².